The molecule has 1 aliphatic heterocycles. The first kappa shape index (κ1) is 26.6. The molecule has 8 heteroatoms. The summed E-state index contributed by atoms with van der Waals surface area (Å²) in [6.07, 6.45) is 1.52. The van der Waals surface area contributed by atoms with Gasteiger partial charge in [-0.25, -0.2) is 4.98 Å². The topological polar surface area (TPSA) is 91.0 Å². The van der Waals surface area contributed by atoms with Crippen molar-refractivity contribution in [2.24, 2.45) is 5.92 Å². The van der Waals surface area contributed by atoms with Crippen molar-refractivity contribution in [3.63, 3.8) is 0 Å². The van der Waals surface area contributed by atoms with E-state index >= 15 is 0 Å². The summed E-state index contributed by atoms with van der Waals surface area (Å²) in [5.74, 6) is -0.376. The fourth-order valence-electron chi connectivity index (χ4n) is 4.49. The van der Waals surface area contributed by atoms with Crippen molar-refractivity contribution < 1.29 is 9.59 Å². The normalized spacial score (nSPS) is 16.1. The number of aromatic amines is 1. The predicted molar refractivity (Wildman–Crippen MR) is 141 cm³/mol. The van der Waals surface area contributed by atoms with Gasteiger partial charge in [-0.3, -0.25) is 14.7 Å². The number of benzene rings is 1. The zero-order chi connectivity index (χ0) is 25.5. The van der Waals surface area contributed by atoms with Gasteiger partial charge >= 0.3 is 0 Å². The summed E-state index contributed by atoms with van der Waals surface area (Å²) in [4.78, 5) is 33.7. The molecule has 1 saturated heterocycles. The molecule has 3 heterocycles. The summed E-state index contributed by atoms with van der Waals surface area (Å²) in [6.45, 7) is 13.0. The first-order valence-electron chi connectivity index (χ1n) is 12.4. The zero-order valence-corrected chi connectivity index (χ0v) is 22.4. The molecule has 0 radical (unpaired) electrons. The van der Waals surface area contributed by atoms with Gasteiger partial charge in [-0.1, -0.05) is 52.0 Å². The van der Waals surface area contributed by atoms with Gasteiger partial charge in [0, 0.05) is 18.8 Å². The van der Waals surface area contributed by atoms with Crippen molar-refractivity contribution in [1.29, 1.82) is 0 Å². The summed E-state index contributed by atoms with van der Waals surface area (Å²) in [5.41, 5.74) is 6.70. The minimum atomic E-state index is -0.432. The molecule has 0 aliphatic carbocycles. The molecule has 0 saturated carbocycles. The Hall–Kier alpha value is -3.00. The third-order valence-electron chi connectivity index (χ3n) is 6.24. The van der Waals surface area contributed by atoms with Crippen LogP contribution in [0.25, 0.3) is 10.4 Å². The Morgan fingerprint density at radius 2 is 1.91 bits per heavy atom. The molecular weight excluding hydrogens is 458 g/mol. The first-order chi connectivity index (χ1) is 16.8. The van der Waals surface area contributed by atoms with Crippen LogP contribution in [0.15, 0.2) is 35.8 Å². The van der Waals surface area contributed by atoms with Gasteiger partial charge in [-0.2, -0.15) is 5.10 Å². The number of amides is 2. The molecule has 2 atom stereocenters. The maximum atomic E-state index is 13.5. The van der Waals surface area contributed by atoms with E-state index in [-0.39, 0.29) is 23.7 Å². The molecule has 35 heavy (non-hydrogen) atoms. The van der Waals surface area contributed by atoms with E-state index in [2.05, 4.69) is 32.6 Å². The highest BCUT2D eigenvalue weighted by atomic mass is 32.1. The molecule has 4 rings (SSSR count). The number of hydrogen-bond donors (Lipinski definition) is 2. The summed E-state index contributed by atoms with van der Waals surface area (Å²) in [7, 11) is 0. The molecule has 188 valence electrons. The minimum absolute atomic E-state index is 0.0153. The van der Waals surface area contributed by atoms with Crippen LogP contribution in [0.3, 0.4) is 0 Å². The second-order valence-corrected chi connectivity index (χ2v) is 9.92. The maximum absolute atomic E-state index is 13.5. The van der Waals surface area contributed by atoms with Gasteiger partial charge < -0.3 is 10.2 Å². The monoisotopic (exact) mass is 495 g/mol. The number of H-pyrrole nitrogens is 1. The van der Waals surface area contributed by atoms with Gasteiger partial charge in [-0.15, -0.1) is 11.3 Å². The van der Waals surface area contributed by atoms with Crippen molar-refractivity contribution in [3.05, 3.63) is 58.5 Å². The standard InChI is InChI=1S/C25H31N5O2S.C2H6/c1-15(2)22(20-12-16(3)28-29-20)25(32)30-11-5-6-21(30)24(31)26-13-18-7-9-19(10-8-18)23-17(4)27-14-33-23;1-2/h7-10,12,14-15,21-22H,5-6,11,13H2,1-4H3,(H,26,31)(H,28,29);1-2H3. The van der Waals surface area contributed by atoms with Gasteiger partial charge in [0.05, 0.1) is 27.7 Å². The number of rotatable bonds is 7. The van der Waals surface area contributed by atoms with Crippen LogP contribution in [0.1, 0.15) is 69.1 Å². The highest BCUT2D eigenvalue weighted by Gasteiger charge is 2.39. The molecule has 1 fully saturated rings. The maximum Gasteiger partial charge on any atom is 0.243 e. The first-order valence-corrected chi connectivity index (χ1v) is 13.3. The van der Waals surface area contributed by atoms with E-state index in [4.69, 9.17) is 0 Å². The Labute approximate surface area is 212 Å². The van der Waals surface area contributed by atoms with E-state index in [0.717, 1.165) is 39.5 Å². The Morgan fingerprint density at radius 1 is 1.20 bits per heavy atom. The Kier molecular flexibility index (Phi) is 9.20. The number of nitrogens with one attached hydrogen (secondary N) is 2. The van der Waals surface area contributed by atoms with E-state index in [1.54, 1.807) is 16.2 Å². The van der Waals surface area contributed by atoms with E-state index in [1.165, 1.54) is 0 Å². The Bertz CT molecular complexity index is 1120. The van der Waals surface area contributed by atoms with E-state index in [1.807, 2.05) is 65.3 Å². The van der Waals surface area contributed by atoms with Gasteiger partial charge in [-0.05, 0) is 49.8 Å². The summed E-state index contributed by atoms with van der Waals surface area (Å²) < 4.78 is 0. The second-order valence-electron chi connectivity index (χ2n) is 9.07. The number of nitrogens with zero attached hydrogens (tertiary/aromatic N) is 3. The average molecular weight is 496 g/mol. The largest absolute Gasteiger partial charge is 0.350 e. The Morgan fingerprint density at radius 3 is 2.49 bits per heavy atom. The smallest absolute Gasteiger partial charge is 0.243 e. The molecule has 1 aromatic carbocycles. The fraction of sp³-hybridized carbons (Fsp3) is 0.481. The quantitative estimate of drug-likeness (QED) is 0.470. The number of likely N-dealkylation sites (tertiary alicyclic amines) is 1. The molecular formula is C27H37N5O2S. The van der Waals surface area contributed by atoms with Crippen molar-refractivity contribution in [1.82, 2.24) is 25.4 Å². The molecule has 1 aliphatic rings. The third kappa shape index (κ3) is 6.17. The van der Waals surface area contributed by atoms with E-state index in [0.29, 0.717) is 19.5 Å². The molecule has 2 N–H and O–H groups in total. The van der Waals surface area contributed by atoms with Crippen molar-refractivity contribution in [2.45, 2.75) is 72.9 Å². The van der Waals surface area contributed by atoms with Crippen molar-refractivity contribution in [3.8, 4) is 10.4 Å². The highest BCUT2D eigenvalue weighted by Crippen LogP contribution is 2.30. The second kappa shape index (κ2) is 12.1. The number of aromatic nitrogens is 3. The van der Waals surface area contributed by atoms with Gasteiger partial charge in [0.15, 0.2) is 0 Å². The third-order valence-corrected chi connectivity index (χ3v) is 7.22. The molecule has 0 spiro atoms. The van der Waals surface area contributed by atoms with Crippen LogP contribution in [0.4, 0.5) is 0 Å². The lowest BCUT2D eigenvalue weighted by atomic mass is 9.90. The van der Waals surface area contributed by atoms with Gasteiger partial charge in [0.25, 0.3) is 0 Å². The zero-order valence-electron chi connectivity index (χ0n) is 21.6. The average Bonchev–Trinajstić information content (AvgIpc) is 3.60. The van der Waals surface area contributed by atoms with Crippen LogP contribution in [0.2, 0.25) is 0 Å². The molecule has 2 amide bonds. The summed E-state index contributed by atoms with van der Waals surface area (Å²) in [5, 5.41) is 10.3. The Balaban J connectivity index is 0.00000167. The summed E-state index contributed by atoms with van der Waals surface area (Å²) >= 11 is 1.63. The van der Waals surface area contributed by atoms with E-state index < -0.39 is 6.04 Å². The molecule has 2 aromatic heterocycles. The fourth-order valence-corrected chi connectivity index (χ4v) is 5.30. The van der Waals surface area contributed by atoms with Crippen LogP contribution in [-0.2, 0) is 16.1 Å². The minimum Gasteiger partial charge on any atom is -0.350 e. The lowest BCUT2D eigenvalue weighted by molar-refractivity contribution is -0.140. The van der Waals surface area contributed by atoms with Crippen LogP contribution >= 0.6 is 11.3 Å². The summed E-state index contributed by atoms with van der Waals surface area (Å²) in [6, 6.07) is 9.67. The van der Waals surface area contributed by atoms with Gasteiger partial charge in [0.2, 0.25) is 11.8 Å². The lowest BCUT2D eigenvalue weighted by Gasteiger charge is -2.29. The van der Waals surface area contributed by atoms with E-state index in [9.17, 15) is 9.59 Å². The number of carbonyl (C=O) groups excluding carboxylic acids is 2. The molecule has 3 aromatic rings. The van der Waals surface area contributed by atoms with Crippen LogP contribution in [0.5, 0.6) is 0 Å². The molecule has 0 bridgehead atoms. The molecule has 7 nitrogen and oxygen atoms in total. The highest BCUT2D eigenvalue weighted by molar-refractivity contribution is 7.13. The number of hydrogen-bond acceptors (Lipinski definition) is 5. The van der Waals surface area contributed by atoms with Gasteiger partial charge in [0.1, 0.15) is 6.04 Å². The predicted octanol–water partition coefficient (Wildman–Crippen LogP) is 5.22. The SMILES string of the molecule is CC.Cc1cc(C(C(=O)N2CCCC2C(=O)NCc2ccc(-c3scnc3C)cc2)C(C)C)n[nH]1. The lowest BCUT2D eigenvalue weighted by Crippen LogP contribution is -2.48. The number of thiazole rings is 1. The van der Waals surface area contributed by atoms with Crippen LogP contribution in [0, 0.1) is 19.8 Å². The van der Waals surface area contributed by atoms with Crippen molar-refractivity contribution >= 4 is 23.2 Å². The molecule has 2 unspecified atom stereocenters. The van der Waals surface area contributed by atoms with Crippen molar-refractivity contribution in [2.75, 3.05) is 6.54 Å². The van der Waals surface area contributed by atoms with Crippen LogP contribution < -0.4 is 5.32 Å². The van der Waals surface area contributed by atoms with Crippen LogP contribution in [-0.4, -0.2) is 44.5 Å². The number of carbonyl (C=O) groups is 2. The number of aryl methyl sites for hydroxylation is 2.